The second kappa shape index (κ2) is 9.51. The quantitative estimate of drug-likeness (QED) is 0.580. The van der Waals surface area contributed by atoms with Gasteiger partial charge in [0, 0.05) is 13.1 Å². The molecule has 30 heavy (non-hydrogen) atoms. The van der Waals surface area contributed by atoms with Gasteiger partial charge >= 0.3 is 0 Å². The summed E-state index contributed by atoms with van der Waals surface area (Å²) in [7, 11) is 1.77. The zero-order chi connectivity index (χ0) is 21.5. The molecule has 2 N–H and O–H groups in total. The third-order valence-electron chi connectivity index (χ3n) is 4.67. The van der Waals surface area contributed by atoms with Gasteiger partial charge in [0.2, 0.25) is 5.91 Å². The highest BCUT2D eigenvalue weighted by atomic mass is 16.5. The number of benzene rings is 2. The first-order valence-corrected chi connectivity index (χ1v) is 9.35. The van der Waals surface area contributed by atoms with Crippen LogP contribution in [0.15, 0.2) is 67.3 Å². The summed E-state index contributed by atoms with van der Waals surface area (Å²) in [5.41, 5.74) is 7.81. The van der Waals surface area contributed by atoms with E-state index in [2.05, 4.69) is 10.1 Å². The fourth-order valence-electron chi connectivity index (χ4n) is 2.78. The Bertz CT molecular complexity index is 1010. The number of nitrogens with two attached hydrogens (primary N) is 1. The maximum absolute atomic E-state index is 12.6. The van der Waals surface area contributed by atoms with Crippen LogP contribution >= 0.6 is 0 Å². The van der Waals surface area contributed by atoms with Gasteiger partial charge in [-0.2, -0.15) is 5.10 Å². The van der Waals surface area contributed by atoms with Crippen molar-refractivity contribution in [2.75, 3.05) is 13.7 Å². The number of amides is 2. The average Bonchev–Trinajstić information content (AvgIpc) is 3.31. The van der Waals surface area contributed by atoms with Crippen LogP contribution in [0.5, 0.6) is 5.75 Å². The molecule has 1 heterocycles. The molecule has 0 radical (unpaired) electrons. The van der Waals surface area contributed by atoms with Crippen molar-refractivity contribution in [1.82, 2.24) is 19.7 Å². The molecule has 1 atom stereocenters. The summed E-state index contributed by atoms with van der Waals surface area (Å²) in [5, 5.41) is 4.10. The van der Waals surface area contributed by atoms with Crippen molar-refractivity contribution in [3.63, 3.8) is 0 Å². The van der Waals surface area contributed by atoms with Crippen LogP contribution in [0.25, 0.3) is 11.8 Å². The van der Waals surface area contributed by atoms with E-state index in [1.54, 1.807) is 53.3 Å². The van der Waals surface area contributed by atoms with Gasteiger partial charge < -0.3 is 15.4 Å². The molecule has 0 fully saturated rings. The first-order valence-electron chi connectivity index (χ1n) is 9.35. The highest BCUT2D eigenvalue weighted by Gasteiger charge is 2.15. The summed E-state index contributed by atoms with van der Waals surface area (Å²) >= 11 is 0. The lowest BCUT2D eigenvalue weighted by Crippen LogP contribution is -2.27. The molecule has 8 nitrogen and oxygen atoms in total. The Morgan fingerprint density at radius 2 is 1.87 bits per heavy atom. The predicted octanol–water partition coefficient (Wildman–Crippen LogP) is 2.36. The molecule has 2 amide bonds. The van der Waals surface area contributed by atoms with Gasteiger partial charge in [-0.1, -0.05) is 24.3 Å². The van der Waals surface area contributed by atoms with Crippen molar-refractivity contribution in [3.05, 3.63) is 78.4 Å². The molecule has 1 aromatic heterocycles. The summed E-state index contributed by atoms with van der Waals surface area (Å²) in [4.78, 5) is 28.9. The Kier molecular flexibility index (Phi) is 6.59. The van der Waals surface area contributed by atoms with Gasteiger partial charge in [0.05, 0.1) is 11.7 Å². The molecule has 0 aliphatic heterocycles. The van der Waals surface area contributed by atoms with Gasteiger partial charge in [0.25, 0.3) is 5.91 Å². The molecular weight excluding hydrogens is 382 g/mol. The Balaban J connectivity index is 1.59. The largest absolute Gasteiger partial charge is 0.484 e. The zero-order valence-electron chi connectivity index (χ0n) is 16.8. The van der Waals surface area contributed by atoms with E-state index in [0.29, 0.717) is 5.75 Å². The molecular formula is C22H23N5O3. The van der Waals surface area contributed by atoms with Crippen LogP contribution < -0.4 is 10.5 Å². The van der Waals surface area contributed by atoms with Gasteiger partial charge in [-0.3, -0.25) is 9.59 Å². The Labute approximate surface area is 174 Å². The number of hydrogen-bond donors (Lipinski definition) is 1. The van der Waals surface area contributed by atoms with Gasteiger partial charge in [0.1, 0.15) is 18.4 Å². The minimum Gasteiger partial charge on any atom is -0.484 e. The highest BCUT2D eigenvalue weighted by molar-refractivity contribution is 5.91. The van der Waals surface area contributed by atoms with Crippen LogP contribution in [0.4, 0.5) is 0 Å². The smallest absolute Gasteiger partial charge is 0.255 e. The Morgan fingerprint density at radius 1 is 1.17 bits per heavy atom. The molecule has 8 heteroatoms. The number of hydrogen-bond acceptors (Lipinski definition) is 5. The number of primary amides is 1. The zero-order valence-corrected chi connectivity index (χ0v) is 16.8. The van der Waals surface area contributed by atoms with Crippen molar-refractivity contribution in [3.8, 4) is 11.4 Å². The Hall–Kier alpha value is -3.94. The van der Waals surface area contributed by atoms with Crippen LogP contribution in [-0.4, -0.2) is 45.1 Å². The lowest BCUT2D eigenvalue weighted by molar-refractivity contribution is -0.126. The van der Waals surface area contributed by atoms with E-state index in [0.717, 1.165) is 16.8 Å². The lowest BCUT2D eigenvalue weighted by atomic mass is 10.1. The third kappa shape index (κ3) is 5.32. The average molecular weight is 405 g/mol. The number of carbonyl (C=O) groups is 2. The lowest BCUT2D eigenvalue weighted by Gasteiger charge is -2.24. The van der Waals surface area contributed by atoms with Crippen molar-refractivity contribution < 1.29 is 14.3 Å². The maximum atomic E-state index is 12.6. The summed E-state index contributed by atoms with van der Waals surface area (Å²) in [5.74, 6) is -0.107. The molecule has 0 aliphatic rings. The van der Waals surface area contributed by atoms with E-state index < -0.39 is 5.91 Å². The van der Waals surface area contributed by atoms with Crippen LogP contribution in [0.1, 0.15) is 24.1 Å². The topological polar surface area (TPSA) is 103 Å². The van der Waals surface area contributed by atoms with Crippen LogP contribution in [-0.2, 0) is 9.59 Å². The fourth-order valence-corrected chi connectivity index (χ4v) is 2.78. The molecule has 1 unspecified atom stereocenters. The van der Waals surface area contributed by atoms with E-state index in [1.807, 2.05) is 31.2 Å². The molecule has 2 aromatic carbocycles. The SMILES string of the molecule is CC(c1ccc(-n2cncn2)cc1)N(C)C(=O)/C=C/c1ccc(OCC(N)=O)cc1. The van der Waals surface area contributed by atoms with E-state index >= 15 is 0 Å². The number of aromatic nitrogens is 3. The summed E-state index contributed by atoms with van der Waals surface area (Å²) < 4.78 is 6.89. The number of carbonyl (C=O) groups excluding carboxylic acids is 2. The molecule has 0 aliphatic carbocycles. The van der Waals surface area contributed by atoms with E-state index in [-0.39, 0.29) is 18.6 Å². The molecule has 3 aromatic rings. The van der Waals surface area contributed by atoms with Crippen LogP contribution in [0, 0.1) is 0 Å². The summed E-state index contributed by atoms with van der Waals surface area (Å²) in [6.07, 6.45) is 6.38. The maximum Gasteiger partial charge on any atom is 0.255 e. The summed E-state index contributed by atoms with van der Waals surface area (Å²) in [6.45, 7) is 1.80. The number of rotatable bonds is 8. The molecule has 0 bridgehead atoms. The Morgan fingerprint density at radius 3 is 2.47 bits per heavy atom. The predicted molar refractivity (Wildman–Crippen MR) is 113 cm³/mol. The van der Waals surface area contributed by atoms with E-state index in [1.165, 1.54) is 12.4 Å². The van der Waals surface area contributed by atoms with Crippen molar-refractivity contribution in [2.45, 2.75) is 13.0 Å². The number of likely N-dealkylation sites (N-methyl/N-ethyl adjacent to an activating group) is 1. The molecule has 0 spiro atoms. The molecule has 0 saturated carbocycles. The van der Waals surface area contributed by atoms with E-state index in [4.69, 9.17) is 10.5 Å². The molecule has 154 valence electrons. The second-order valence-corrected chi connectivity index (χ2v) is 6.71. The highest BCUT2D eigenvalue weighted by Crippen LogP contribution is 2.21. The van der Waals surface area contributed by atoms with Gasteiger partial charge in [-0.05, 0) is 48.4 Å². The van der Waals surface area contributed by atoms with Crippen molar-refractivity contribution in [1.29, 1.82) is 0 Å². The molecule has 0 saturated heterocycles. The van der Waals surface area contributed by atoms with Crippen LogP contribution in [0.3, 0.4) is 0 Å². The van der Waals surface area contributed by atoms with Crippen LogP contribution in [0.2, 0.25) is 0 Å². The monoisotopic (exact) mass is 405 g/mol. The first kappa shape index (κ1) is 20.8. The second-order valence-electron chi connectivity index (χ2n) is 6.71. The summed E-state index contributed by atoms with van der Waals surface area (Å²) in [6, 6.07) is 14.8. The third-order valence-corrected chi connectivity index (χ3v) is 4.67. The molecule has 3 rings (SSSR count). The fraction of sp³-hybridized carbons (Fsp3) is 0.182. The number of nitrogens with zero attached hydrogens (tertiary/aromatic N) is 4. The number of ether oxygens (including phenoxy) is 1. The minimum atomic E-state index is -0.533. The normalized spacial score (nSPS) is 11.9. The van der Waals surface area contributed by atoms with Crippen molar-refractivity contribution >= 4 is 17.9 Å². The van der Waals surface area contributed by atoms with Crippen molar-refractivity contribution in [2.24, 2.45) is 5.73 Å². The van der Waals surface area contributed by atoms with Gasteiger partial charge in [-0.15, -0.1) is 0 Å². The first-order chi connectivity index (χ1) is 14.4. The minimum absolute atomic E-state index is 0.100. The van der Waals surface area contributed by atoms with E-state index in [9.17, 15) is 9.59 Å². The van der Waals surface area contributed by atoms with Gasteiger partial charge in [-0.25, -0.2) is 9.67 Å². The standard InChI is InChI=1S/C22H23N5O3/c1-16(18-6-8-19(9-7-18)27-15-24-14-25-27)26(2)22(29)12-5-17-3-10-20(11-4-17)30-13-21(23)28/h3-12,14-16H,13H2,1-2H3,(H2,23,28)/b12-5+. The van der Waals surface area contributed by atoms with Gasteiger partial charge in [0.15, 0.2) is 6.61 Å².